The van der Waals surface area contributed by atoms with Gasteiger partial charge < -0.3 is 10.6 Å². The number of carbonyl (C=O) groups is 2. The maximum atomic E-state index is 12.8. The van der Waals surface area contributed by atoms with E-state index in [9.17, 15) is 35.9 Å². The van der Waals surface area contributed by atoms with Crippen LogP contribution in [0.15, 0.2) is 36.4 Å². The van der Waals surface area contributed by atoms with Gasteiger partial charge in [-0.15, -0.1) is 0 Å². The predicted octanol–water partition coefficient (Wildman–Crippen LogP) is 7.12. The van der Waals surface area contributed by atoms with Crippen LogP contribution in [0, 0.1) is 0 Å². The number of rotatable bonds is 8. The minimum atomic E-state index is -4.58. The van der Waals surface area contributed by atoms with Crippen molar-refractivity contribution in [3.63, 3.8) is 0 Å². The topological polar surface area (TPSA) is 58.2 Å². The van der Waals surface area contributed by atoms with Crippen molar-refractivity contribution in [2.45, 2.75) is 25.2 Å². The summed E-state index contributed by atoms with van der Waals surface area (Å²) in [5, 5.41) is 4.52. The van der Waals surface area contributed by atoms with Gasteiger partial charge in [-0.25, -0.2) is 0 Å². The molecule has 0 unspecified atom stereocenters. The van der Waals surface area contributed by atoms with Gasteiger partial charge in [-0.1, -0.05) is 23.2 Å². The Kier molecular flexibility index (Phi) is 9.33. The molecule has 0 bridgehead atoms. The number of nitrogens with one attached hydrogen (secondary N) is 2. The van der Waals surface area contributed by atoms with Gasteiger partial charge in [0.2, 0.25) is 11.8 Å². The number of hydrogen-bond donors (Lipinski definition) is 2. The van der Waals surface area contributed by atoms with E-state index in [1.54, 1.807) is 0 Å². The highest BCUT2D eigenvalue weighted by Crippen LogP contribution is 2.35. The van der Waals surface area contributed by atoms with Gasteiger partial charge in [0, 0.05) is 24.3 Å². The second kappa shape index (κ2) is 11.3. The maximum absolute atomic E-state index is 12.8. The molecule has 33 heavy (non-hydrogen) atoms. The van der Waals surface area contributed by atoms with E-state index in [0.29, 0.717) is 0 Å². The third-order valence-corrected chi connectivity index (χ3v) is 5.73. The Morgan fingerprint density at radius 1 is 0.727 bits per heavy atom. The first kappa shape index (κ1) is 27.1. The van der Waals surface area contributed by atoms with Gasteiger partial charge in [0.05, 0.1) is 32.5 Å². The summed E-state index contributed by atoms with van der Waals surface area (Å²) >= 11 is 12.8. The molecule has 0 atom stereocenters. The smallest absolute Gasteiger partial charge is 0.325 e. The van der Waals surface area contributed by atoms with Crippen LogP contribution in [0.1, 0.15) is 24.0 Å². The van der Waals surface area contributed by atoms with Crippen molar-refractivity contribution < 1.29 is 35.9 Å². The van der Waals surface area contributed by atoms with Crippen LogP contribution in [-0.4, -0.2) is 23.3 Å². The Bertz CT molecular complexity index is 936. The van der Waals surface area contributed by atoms with Crippen LogP contribution in [-0.2, 0) is 21.9 Å². The number of hydrogen-bond acceptors (Lipinski definition) is 3. The van der Waals surface area contributed by atoms with E-state index in [1.807, 2.05) is 0 Å². The summed E-state index contributed by atoms with van der Waals surface area (Å²) in [5.41, 5.74) is -2.25. The van der Waals surface area contributed by atoms with Gasteiger partial charge in [0.15, 0.2) is 0 Å². The molecule has 2 aromatic carbocycles. The average molecular weight is 533 g/mol. The van der Waals surface area contributed by atoms with Gasteiger partial charge in [0.1, 0.15) is 0 Å². The highest BCUT2D eigenvalue weighted by Gasteiger charge is 2.32. The Morgan fingerprint density at radius 2 is 1.09 bits per heavy atom. The molecule has 0 aliphatic heterocycles. The minimum Gasteiger partial charge on any atom is -0.325 e. The normalized spacial score (nSPS) is 11.9. The fourth-order valence-corrected chi connectivity index (χ4v) is 3.65. The van der Waals surface area contributed by atoms with Gasteiger partial charge >= 0.3 is 12.4 Å². The van der Waals surface area contributed by atoms with Gasteiger partial charge in [-0.2, -0.15) is 38.1 Å². The quantitative estimate of drug-likeness (QED) is 0.281. The fraction of sp³-hybridized carbons (Fsp3) is 0.300. The van der Waals surface area contributed by atoms with Crippen LogP contribution >= 0.6 is 35.0 Å². The lowest BCUT2D eigenvalue weighted by atomic mass is 10.2. The molecule has 2 N–H and O–H groups in total. The van der Waals surface area contributed by atoms with Crippen LogP contribution in [0.5, 0.6) is 0 Å². The third-order valence-electron chi connectivity index (χ3n) is 4.08. The Balaban J connectivity index is 1.77. The molecule has 0 heterocycles. The number of amides is 2. The lowest BCUT2D eigenvalue weighted by Crippen LogP contribution is -2.15. The molecule has 0 saturated heterocycles. The number of benzene rings is 2. The molecule has 0 saturated carbocycles. The summed E-state index contributed by atoms with van der Waals surface area (Å²) in [7, 11) is 0. The highest BCUT2D eigenvalue weighted by atomic mass is 35.5. The van der Waals surface area contributed by atoms with E-state index < -0.39 is 35.3 Å². The largest absolute Gasteiger partial charge is 0.416 e. The number of alkyl halides is 6. The molecule has 0 aliphatic carbocycles. The van der Waals surface area contributed by atoms with Crippen molar-refractivity contribution >= 4 is 58.2 Å². The summed E-state index contributed by atoms with van der Waals surface area (Å²) in [6.07, 6.45) is -9.28. The van der Waals surface area contributed by atoms with Crippen molar-refractivity contribution in [1.82, 2.24) is 0 Å². The minimum absolute atomic E-state index is 0.0473. The zero-order valence-corrected chi connectivity index (χ0v) is 18.9. The predicted molar refractivity (Wildman–Crippen MR) is 117 cm³/mol. The van der Waals surface area contributed by atoms with E-state index in [4.69, 9.17) is 23.2 Å². The standard InChI is InChI=1S/C20H16Cl2F6N2O2S/c21-13-3-1-11(19(23,24)25)9-15(13)29-17(31)5-7-33-8-6-18(32)30-16-10-12(20(26,27)28)2-4-14(16)22/h1-4,9-10H,5-8H2,(H,29,31)(H,30,32). The molecule has 4 nitrogen and oxygen atoms in total. The molecule has 2 amide bonds. The molecule has 0 radical (unpaired) electrons. The fourth-order valence-electron chi connectivity index (χ4n) is 2.45. The molecule has 2 rings (SSSR count). The second-order valence-electron chi connectivity index (χ2n) is 6.59. The van der Waals surface area contributed by atoms with Crippen LogP contribution < -0.4 is 10.6 Å². The molecule has 0 aliphatic rings. The lowest BCUT2D eigenvalue weighted by molar-refractivity contribution is -0.138. The third kappa shape index (κ3) is 8.63. The highest BCUT2D eigenvalue weighted by molar-refractivity contribution is 7.99. The first-order valence-corrected chi connectivity index (χ1v) is 11.1. The lowest BCUT2D eigenvalue weighted by Gasteiger charge is -2.12. The van der Waals surface area contributed by atoms with Crippen LogP contribution in [0.3, 0.4) is 0 Å². The van der Waals surface area contributed by atoms with E-state index in [2.05, 4.69) is 10.6 Å². The van der Waals surface area contributed by atoms with E-state index in [0.717, 1.165) is 36.4 Å². The van der Waals surface area contributed by atoms with E-state index in [1.165, 1.54) is 11.8 Å². The summed E-state index contributed by atoms with van der Waals surface area (Å²) in [6.45, 7) is 0. The summed E-state index contributed by atoms with van der Waals surface area (Å²) in [4.78, 5) is 23.9. The first-order valence-electron chi connectivity index (χ1n) is 9.18. The number of thioether (sulfide) groups is 1. The number of carbonyl (C=O) groups excluding carboxylic acids is 2. The molecule has 2 aromatic rings. The SMILES string of the molecule is O=C(CCSCCC(=O)Nc1cc(C(F)(F)F)ccc1Cl)Nc1cc(C(F)(F)F)ccc1Cl. The number of anilines is 2. The zero-order chi connectivity index (χ0) is 24.8. The molecular weight excluding hydrogens is 517 g/mol. The monoisotopic (exact) mass is 532 g/mol. The molecule has 0 spiro atoms. The number of halogens is 8. The average Bonchev–Trinajstić information content (AvgIpc) is 2.69. The van der Waals surface area contributed by atoms with Crippen molar-refractivity contribution in [3.8, 4) is 0 Å². The zero-order valence-electron chi connectivity index (χ0n) is 16.5. The molecule has 0 fully saturated rings. The Morgan fingerprint density at radius 3 is 1.42 bits per heavy atom. The van der Waals surface area contributed by atoms with Crippen molar-refractivity contribution in [1.29, 1.82) is 0 Å². The van der Waals surface area contributed by atoms with Gasteiger partial charge in [-0.3, -0.25) is 9.59 Å². The summed E-state index contributed by atoms with van der Waals surface area (Å²) < 4.78 is 76.6. The Hall–Kier alpha value is -2.11. The molecular formula is C20H16Cl2F6N2O2S. The van der Waals surface area contributed by atoms with Crippen LogP contribution in [0.25, 0.3) is 0 Å². The molecule has 180 valence electrons. The summed E-state index contributed by atoms with van der Waals surface area (Å²) in [5.74, 6) is -0.632. The van der Waals surface area contributed by atoms with Gasteiger partial charge in [0.25, 0.3) is 0 Å². The van der Waals surface area contributed by atoms with E-state index >= 15 is 0 Å². The van der Waals surface area contributed by atoms with Crippen molar-refractivity contribution in [3.05, 3.63) is 57.6 Å². The summed E-state index contributed by atoms with van der Waals surface area (Å²) in [6, 6.07) is 5.12. The second-order valence-corrected chi connectivity index (χ2v) is 8.63. The van der Waals surface area contributed by atoms with Crippen LogP contribution in [0.2, 0.25) is 10.0 Å². The van der Waals surface area contributed by atoms with Gasteiger partial charge in [-0.05, 0) is 36.4 Å². The molecule has 13 heteroatoms. The maximum Gasteiger partial charge on any atom is 0.416 e. The van der Waals surface area contributed by atoms with Crippen molar-refractivity contribution in [2.75, 3.05) is 22.1 Å². The Labute approximate surface area is 199 Å². The van der Waals surface area contributed by atoms with Crippen LogP contribution in [0.4, 0.5) is 37.7 Å². The van der Waals surface area contributed by atoms with E-state index in [-0.39, 0.29) is 45.8 Å². The van der Waals surface area contributed by atoms with Crippen molar-refractivity contribution in [2.24, 2.45) is 0 Å². The molecule has 0 aromatic heterocycles. The first-order chi connectivity index (χ1) is 15.3.